The molecule has 25 heavy (non-hydrogen) atoms. The van der Waals surface area contributed by atoms with Gasteiger partial charge in [-0.25, -0.2) is 8.42 Å². The van der Waals surface area contributed by atoms with Gasteiger partial charge in [0.05, 0.1) is 14.7 Å². The first kappa shape index (κ1) is 18.3. The second-order valence-electron chi connectivity index (χ2n) is 6.27. The lowest BCUT2D eigenvalue weighted by atomic mass is 9.94. The maximum Gasteiger partial charge on any atom is 0.206 e. The van der Waals surface area contributed by atoms with Gasteiger partial charge in [0.25, 0.3) is 0 Å². The number of nitrogens with one attached hydrogen (secondary N) is 1. The number of phenols is 1. The summed E-state index contributed by atoms with van der Waals surface area (Å²) in [7, 11) is -3.60. The molecule has 1 aliphatic rings. The maximum absolute atomic E-state index is 13.0. The highest BCUT2D eigenvalue weighted by atomic mass is 32.2. The van der Waals surface area contributed by atoms with Gasteiger partial charge in [-0.15, -0.1) is 11.8 Å². The summed E-state index contributed by atoms with van der Waals surface area (Å²) in [6.07, 6.45) is 1.09. The summed E-state index contributed by atoms with van der Waals surface area (Å²) in [6.45, 7) is 5.89. The molecule has 134 valence electrons. The highest BCUT2D eigenvalue weighted by Gasteiger charge is 2.23. The summed E-state index contributed by atoms with van der Waals surface area (Å²) in [4.78, 5) is 1.11. The molecule has 0 spiro atoms. The van der Waals surface area contributed by atoms with Crippen LogP contribution in [0.25, 0.3) is 0 Å². The first-order valence-electron chi connectivity index (χ1n) is 8.45. The van der Waals surface area contributed by atoms with Gasteiger partial charge in [0.2, 0.25) is 9.84 Å². The molecule has 0 bridgehead atoms. The Bertz CT molecular complexity index is 872. The molecule has 0 aromatic heterocycles. The van der Waals surface area contributed by atoms with E-state index in [-0.39, 0.29) is 10.6 Å². The van der Waals surface area contributed by atoms with Crippen LogP contribution in [0.3, 0.4) is 0 Å². The first-order valence-corrected chi connectivity index (χ1v) is 10.9. The van der Waals surface area contributed by atoms with Crippen molar-refractivity contribution in [2.75, 3.05) is 18.8 Å². The standard InChI is InChI=1S/C19H23NO3S2/c1-3-24-19-11-16(5-7-18(19)21)25(22,23)15-4-6-17(13(2)10-15)14-8-9-20-12-14/h4-7,10-11,14,20-21H,3,8-9,12H2,1-2H3. The molecule has 3 rings (SSSR count). The lowest BCUT2D eigenvalue weighted by molar-refractivity contribution is 0.461. The van der Waals surface area contributed by atoms with Crippen molar-refractivity contribution < 1.29 is 13.5 Å². The summed E-state index contributed by atoms with van der Waals surface area (Å²) in [5, 5.41) is 13.2. The van der Waals surface area contributed by atoms with E-state index in [2.05, 4.69) is 5.32 Å². The molecule has 1 atom stereocenters. The molecule has 0 saturated carbocycles. The van der Waals surface area contributed by atoms with Crippen LogP contribution in [-0.4, -0.2) is 32.4 Å². The summed E-state index contributed by atoms with van der Waals surface area (Å²) < 4.78 is 26.0. The van der Waals surface area contributed by atoms with E-state index in [1.807, 2.05) is 19.9 Å². The van der Waals surface area contributed by atoms with Gasteiger partial charge >= 0.3 is 0 Å². The van der Waals surface area contributed by atoms with Gasteiger partial charge < -0.3 is 10.4 Å². The van der Waals surface area contributed by atoms with Crippen molar-refractivity contribution in [1.82, 2.24) is 5.32 Å². The number of rotatable bonds is 5. The number of sulfone groups is 1. The molecule has 0 amide bonds. The van der Waals surface area contributed by atoms with Crippen molar-refractivity contribution in [3.8, 4) is 5.75 Å². The van der Waals surface area contributed by atoms with Crippen LogP contribution in [0.15, 0.2) is 51.1 Å². The van der Waals surface area contributed by atoms with Crippen molar-refractivity contribution >= 4 is 21.6 Å². The quantitative estimate of drug-likeness (QED) is 0.778. The molecule has 2 aromatic carbocycles. The summed E-state index contributed by atoms with van der Waals surface area (Å²) in [5.41, 5.74) is 2.23. The van der Waals surface area contributed by atoms with Crippen molar-refractivity contribution in [3.05, 3.63) is 47.5 Å². The Balaban J connectivity index is 1.97. The number of hydrogen-bond donors (Lipinski definition) is 2. The largest absolute Gasteiger partial charge is 0.507 e. The SMILES string of the molecule is CCSc1cc(S(=O)(=O)c2ccc(C3CCNC3)c(C)c2)ccc1O. The molecule has 6 heteroatoms. The monoisotopic (exact) mass is 377 g/mol. The van der Waals surface area contributed by atoms with E-state index < -0.39 is 9.84 Å². The lowest BCUT2D eigenvalue weighted by Gasteiger charge is -2.14. The van der Waals surface area contributed by atoms with Crippen LogP contribution in [-0.2, 0) is 9.84 Å². The molecule has 0 aliphatic carbocycles. The van der Waals surface area contributed by atoms with Crippen molar-refractivity contribution in [2.45, 2.75) is 40.9 Å². The third kappa shape index (κ3) is 3.71. The van der Waals surface area contributed by atoms with Gasteiger partial charge in [0, 0.05) is 6.54 Å². The Morgan fingerprint density at radius 3 is 2.56 bits per heavy atom. The first-order chi connectivity index (χ1) is 11.9. The third-order valence-electron chi connectivity index (χ3n) is 4.59. The second kappa shape index (κ2) is 7.40. The second-order valence-corrected chi connectivity index (χ2v) is 9.53. The van der Waals surface area contributed by atoms with Crippen molar-refractivity contribution in [2.24, 2.45) is 0 Å². The van der Waals surface area contributed by atoms with E-state index in [1.54, 1.807) is 18.2 Å². The van der Waals surface area contributed by atoms with E-state index in [9.17, 15) is 13.5 Å². The van der Waals surface area contributed by atoms with Crippen LogP contribution in [0.5, 0.6) is 5.75 Å². The third-order valence-corrected chi connectivity index (χ3v) is 7.27. The fourth-order valence-electron chi connectivity index (χ4n) is 3.26. The van der Waals surface area contributed by atoms with Crippen LogP contribution < -0.4 is 5.32 Å². The normalized spacial score (nSPS) is 17.8. The number of thioether (sulfide) groups is 1. The number of aryl methyl sites for hydroxylation is 1. The average Bonchev–Trinajstić information content (AvgIpc) is 3.11. The molecular formula is C19H23NO3S2. The van der Waals surface area contributed by atoms with Gasteiger partial charge in [0.15, 0.2) is 0 Å². The topological polar surface area (TPSA) is 66.4 Å². The van der Waals surface area contributed by atoms with Gasteiger partial charge in [0.1, 0.15) is 5.75 Å². The molecule has 1 heterocycles. The van der Waals surface area contributed by atoms with Crippen LogP contribution in [0, 0.1) is 6.92 Å². The molecule has 0 radical (unpaired) electrons. The molecule has 2 N–H and O–H groups in total. The zero-order valence-corrected chi connectivity index (χ0v) is 16.1. The molecule has 1 unspecified atom stereocenters. The van der Waals surface area contributed by atoms with Crippen LogP contribution in [0.2, 0.25) is 0 Å². The molecule has 1 aliphatic heterocycles. The fourth-order valence-corrected chi connectivity index (χ4v) is 5.45. The highest BCUT2D eigenvalue weighted by molar-refractivity contribution is 7.99. The van der Waals surface area contributed by atoms with Crippen LogP contribution in [0.1, 0.15) is 30.4 Å². The smallest absolute Gasteiger partial charge is 0.206 e. The van der Waals surface area contributed by atoms with E-state index in [4.69, 9.17) is 0 Å². The number of hydrogen-bond acceptors (Lipinski definition) is 5. The zero-order chi connectivity index (χ0) is 18.0. The van der Waals surface area contributed by atoms with E-state index in [1.165, 1.54) is 29.5 Å². The Kier molecular flexibility index (Phi) is 5.41. The predicted molar refractivity (Wildman–Crippen MR) is 101 cm³/mol. The predicted octanol–water partition coefficient (Wildman–Crippen LogP) is 3.72. The van der Waals surface area contributed by atoms with E-state index >= 15 is 0 Å². The van der Waals surface area contributed by atoms with Gasteiger partial charge in [-0.1, -0.05) is 13.0 Å². The van der Waals surface area contributed by atoms with Crippen LogP contribution >= 0.6 is 11.8 Å². The van der Waals surface area contributed by atoms with Gasteiger partial charge in [-0.05, 0) is 73.0 Å². The number of phenolic OH excluding ortho intramolecular Hbond substituents is 1. The summed E-state index contributed by atoms with van der Waals surface area (Å²) in [6, 6.07) is 9.90. The zero-order valence-electron chi connectivity index (χ0n) is 14.5. The Hall–Kier alpha value is -1.50. The average molecular weight is 378 g/mol. The van der Waals surface area contributed by atoms with Crippen molar-refractivity contribution in [1.29, 1.82) is 0 Å². The molecule has 4 nitrogen and oxygen atoms in total. The number of aromatic hydroxyl groups is 1. The summed E-state index contributed by atoms with van der Waals surface area (Å²) in [5.74, 6) is 1.34. The minimum atomic E-state index is -3.60. The van der Waals surface area contributed by atoms with Crippen LogP contribution in [0.4, 0.5) is 0 Å². The number of benzene rings is 2. The summed E-state index contributed by atoms with van der Waals surface area (Å²) >= 11 is 1.43. The Morgan fingerprint density at radius 2 is 1.92 bits per heavy atom. The Labute approximate surface area is 153 Å². The highest BCUT2D eigenvalue weighted by Crippen LogP contribution is 2.34. The minimum Gasteiger partial charge on any atom is -0.507 e. The Morgan fingerprint density at radius 1 is 1.20 bits per heavy atom. The molecule has 1 fully saturated rings. The van der Waals surface area contributed by atoms with Gasteiger partial charge in [-0.3, -0.25) is 0 Å². The molecule has 1 saturated heterocycles. The lowest BCUT2D eigenvalue weighted by Crippen LogP contribution is -2.09. The fraction of sp³-hybridized carbons (Fsp3) is 0.368. The van der Waals surface area contributed by atoms with Crippen molar-refractivity contribution in [3.63, 3.8) is 0 Å². The molecular weight excluding hydrogens is 354 g/mol. The van der Waals surface area contributed by atoms with E-state index in [0.29, 0.717) is 15.7 Å². The molecule has 2 aromatic rings. The van der Waals surface area contributed by atoms with E-state index in [0.717, 1.165) is 30.8 Å². The maximum atomic E-state index is 13.0. The van der Waals surface area contributed by atoms with Gasteiger partial charge in [-0.2, -0.15) is 0 Å². The minimum absolute atomic E-state index is 0.117.